The van der Waals surface area contributed by atoms with Crippen molar-refractivity contribution >= 4 is 5.91 Å². The Bertz CT molecular complexity index is 716. The van der Waals surface area contributed by atoms with E-state index in [1.807, 2.05) is 24.3 Å². The van der Waals surface area contributed by atoms with E-state index in [4.69, 9.17) is 4.74 Å². The molecule has 1 aliphatic heterocycles. The molecular formula is C19H23N3O3. The molecule has 1 aliphatic rings. The molecule has 1 saturated heterocycles. The SMILES string of the molecule is COc1ccc([C@@](C)(O)[C@@H]2CCCN2C(=O)Cc2cncnc2)cc1. The van der Waals surface area contributed by atoms with Crippen LogP contribution >= 0.6 is 0 Å². The second-order valence-electron chi connectivity index (χ2n) is 6.54. The molecule has 0 unspecified atom stereocenters. The normalized spacial score (nSPS) is 19.5. The average Bonchev–Trinajstić information content (AvgIpc) is 3.13. The number of methoxy groups -OCH3 is 1. The maximum Gasteiger partial charge on any atom is 0.227 e. The van der Waals surface area contributed by atoms with Gasteiger partial charge in [0, 0.05) is 18.9 Å². The largest absolute Gasteiger partial charge is 0.497 e. The zero-order chi connectivity index (χ0) is 17.9. The van der Waals surface area contributed by atoms with Gasteiger partial charge in [-0.25, -0.2) is 9.97 Å². The Balaban J connectivity index is 1.78. The quantitative estimate of drug-likeness (QED) is 0.899. The van der Waals surface area contributed by atoms with Gasteiger partial charge in [-0.3, -0.25) is 4.79 Å². The van der Waals surface area contributed by atoms with Crippen molar-refractivity contribution in [2.45, 2.75) is 37.8 Å². The topological polar surface area (TPSA) is 75.6 Å². The summed E-state index contributed by atoms with van der Waals surface area (Å²) in [6.45, 7) is 2.43. The number of likely N-dealkylation sites (tertiary alicyclic amines) is 1. The molecule has 0 saturated carbocycles. The van der Waals surface area contributed by atoms with Crippen LogP contribution in [0.25, 0.3) is 0 Å². The number of aromatic nitrogens is 2. The highest BCUT2D eigenvalue weighted by molar-refractivity contribution is 5.79. The maximum atomic E-state index is 12.7. The van der Waals surface area contributed by atoms with Crippen LogP contribution in [0.15, 0.2) is 43.0 Å². The average molecular weight is 341 g/mol. The lowest BCUT2D eigenvalue weighted by Gasteiger charge is -2.37. The Morgan fingerprint density at radius 1 is 1.32 bits per heavy atom. The standard InChI is InChI=1S/C19H23N3O3/c1-19(24,15-5-7-16(25-2)8-6-15)17-4-3-9-22(17)18(23)10-14-11-20-13-21-12-14/h5-8,11-13,17,24H,3-4,9-10H2,1-2H3/t17-,19+/m0/s1. The molecule has 2 atom stereocenters. The first-order valence-corrected chi connectivity index (χ1v) is 8.42. The summed E-state index contributed by atoms with van der Waals surface area (Å²) in [4.78, 5) is 22.4. The van der Waals surface area contributed by atoms with Crippen molar-refractivity contribution in [3.63, 3.8) is 0 Å². The fraction of sp³-hybridized carbons (Fsp3) is 0.421. The molecule has 2 aromatic rings. The van der Waals surface area contributed by atoms with E-state index in [0.29, 0.717) is 6.54 Å². The minimum atomic E-state index is -1.12. The molecule has 1 aromatic carbocycles. The van der Waals surface area contributed by atoms with Crippen LogP contribution in [-0.2, 0) is 16.8 Å². The number of nitrogens with zero attached hydrogens (tertiary/aromatic N) is 3. The number of benzene rings is 1. The van der Waals surface area contributed by atoms with Gasteiger partial charge in [-0.2, -0.15) is 0 Å². The smallest absolute Gasteiger partial charge is 0.227 e. The zero-order valence-electron chi connectivity index (χ0n) is 14.6. The molecule has 3 rings (SSSR count). The summed E-state index contributed by atoms with van der Waals surface area (Å²) in [6.07, 6.45) is 6.65. The number of ether oxygens (including phenoxy) is 1. The number of rotatable bonds is 5. The predicted octanol–water partition coefficient (Wildman–Crippen LogP) is 1.93. The summed E-state index contributed by atoms with van der Waals surface area (Å²) < 4.78 is 5.18. The molecule has 2 heterocycles. The van der Waals surface area contributed by atoms with Gasteiger partial charge in [-0.05, 0) is 43.0 Å². The van der Waals surface area contributed by atoms with Crippen molar-refractivity contribution in [3.05, 3.63) is 54.1 Å². The number of aliphatic hydroxyl groups is 1. The van der Waals surface area contributed by atoms with Crippen LogP contribution < -0.4 is 4.74 Å². The molecule has 1 fully saturated rings. The van der Waals surface area contributed by atoms with Gasteiger partial charge in [0.1, 0.15) is 17.7 Å². The molecule has 0 radical (unpaired) electrons. The van der Waals surface area contributed by atoms with Gasteiger partial charge >= 0.3 is 0 Å². The number of carbonyl (C=O) groups excluding carboxylic acids is 1. The summed E-state index contributed by atoms with van der Waals surface area (Å²) in [5.74, 6) is 0.731. The summed E-state index contributed by atoms with van der Waals surface area (Å²) in [5.41, 5.74) is 0.439. The lowest BCUT2D eigenvalue weighted by Crippen LogP contribution is -2.48. The van der Waals surface area contributed by atoms with E-state index >= 15 is 0 Å². The fourth-order valence-electron chi connectivity index (χ4n) is 3.47. The van der Waals surface area contributed by atoms with Crippen LogP contribution in [-0.4, -0.2) is 45.6 Å². The third-order valence-electron chi connectivity index (χ3n) is 4.87. The van der Waals surface area contributed by atoms with E-state index in [-0.39, 0.29) is 18.4 Å². The van der Waals surface area contributed by atoms with Crippen molar-refractivity contribution in [2.24, 2.45) is 0 Å². The lowest BCUT2D eigenvalue weighted by molar-refractivity contribution is -0.137. The first-order chi connectivity index (χ1) is 12.0. The third kappa shape index (κ3) is 3.64. The molecule has 6 nitrogen and oxygen atoms in total. The first kappa shape index (κ1) is 17.4. The van der Waals surface area contributed by atoms with Gasteiger partial charge in [0.05, 0.1) is 19.6 Å². The summed E-state index contributed by atoms with van der Waals surface area (Å²) in [5, 5.41) is 11.2. The highest BCUT2D eigenvalue weighted by Gasteiger charge is 2.42. The number of carbonyl (C=O) groups is 1. The van der Waals surface area contributed by atoms with E-state index < -0.39 is 5.60 Å². The summed E-state index contributed by atoms with van der Waals surface area (Å²) >= 11 is 0. The van der Waals surface area contributed by atoms with E-state index in [1.54, 1.807) is 31.3 Å². The number of amides is 1. The molecular weight excluding hydrogens is 318 g/mol. The van der Waals surface area contributed by atoms with Crippen molar-refractivity contribution < 1.29 is 14.6 Å². The molecule has 132 valence electrons. The molecule has 0 spiro atoms. The van der Waals surface area contributed by atoms with Crippen LogP contribution in [0.3, 0.4) is 0 Å². The zero-order valence-corrected chi connectivity index (χ0v) is 14.6. The van der Waals surface area contributed by atoms with Crippen molar-refractivity contribution in [1.82, 2.24) is 14.9 Å². The van der Waals surface area contributed by atoms with Crippen LogP contribution in [0.5, 0.6) is 5.75 Å². The second kappa shape index (κ2) is 7.19. The summed E-state index contributed by atoms with van der Waals surface area (Å²) in [7, 11) is 1.61. The van der Waals surface area contributed by atoms with Crippen LogP contribution in [0.2, 0.25) is 0 Å². The second-order valence-corrected chi connectivity index (χ2v) is 6.54. The van der Waals surface area contributed by atoms with Crippen molar-refractivity contribution in [1.29, 1.82) is 0 Å². The van der Waals surface area contributed by atoms with Gasteiger partial charge < -0.3 is 14.7 Å². The Morgan fingerprint density at radius 2 is 2.00 bits per heavy atom. The Morgan fingerprint density at radius 3 is 2.64 bits per heavy atom. The molecule has 0 aliphatic carbocycles. The van der Waals surface area contributed by atoms with Gasteiger partial charge in [-0.1, -0.05) is 12.1 Å². The van der Waals surface area contributed by atoms with Gasteiger partial charge in [0.15, 0.2) is 0 Å². The van der Waals surface area contributed by atoms with Gasteiger partial charge in [0.2, 0.25) is 5.91 Å². The Hall–Kier alpha value is -2.47. The molecule has 6 heteroatoms. The molecule has 1 amide bonds. The minimum Gasteiger partial charge on any atom is -0.497 e. The Kier molecular flexibility index (Phi) is 4.99. The highest BCUT2D eigenvalue weighted by atomic mass is 16.5. The van der Waals surface area contributed by atoms with E-state index in [2.05, 4.69) is 9.97 Å². The Labute approximate surface area is 147 Å². The summed E-state index contributed by atoms with van der Waals surface area (Å²) in [6, 6.07) is 7.10. The van der Waals surface area contributed by atoms with Gasteiger partial charge in [0.25, 0.3) is 0 Å². The highest BCUT2D eigenvalue weighted by Crippen LogP contribution is 2.35. The molecule has 1 aromatic heterocycles. The fourth-order valence-corrected chi connectivity index (χ4v) is 3.47. The van der Waals surface area contributed by atoms with E-state index in [1.165, 1.54) is 6.33 Å². The maximum absolute atomic E-state index is 12.7. The lowest BCUT2D eigenvalue weighted by atomic mass is 9.86. The molecule has 1 N–H and O–H groups in total. The van der Waals surface area contributed by atoms with Gasteiger partial charge in [-0.15, -0.1) is 0 Å². The van der Waals surface area contributed by atoms with Crippen LogP contribution in [0.4, 0.5) is 0 Å². The number of hydrogen-bond acceptors (Lipinski definition) is 5. The number of hydrogen-bond donors (Lipinski definition) is 1. The van der Waals surface area contributed by atoms with Crippen LogP contribution in [0.1, 0.15) is 30.9 Å². The molecule has 25 heavy (non-hydrogen) atoms. The molecule has 0 bridgehead atoms. The first-order valence-electron chi connectivity index (χ1n) is 8.42. The van der Waals surface area contributed by atoms with E-state index in [9.17, 15) is 9.90 Å². The van der Waals surface area contributed by atoms with Crippen molar-refractivity contribution in [2.75, 3.05) is 13.7 Å². The minimum absolute atomic E-state index is 0.00825. The van der Waals surface area contributed by atoms with E-state index in [0.717, 1.165) is 29.7 Å². The van der Waals surface area contributed by atoms with Crippen molar-refractivity contribution in [3.8, 4) is 5.75 Å². The third-order valence-corrected chi connectivity index (χ3v) is 4.87. The predicted molar refractivity (Wildman–Crippen MR) is 93.0 cm³/mol. The monoisotopic (exact) mass is 341 g/mol. The van der Waals surface area contributed by atoms with Crippen LogP contribution in [0, 0.1) is 0 Å².